The average Bonchev–Trinajstić information content (AvgIpc) is 2.89. The summed E-state index contributed by atoms with van der Waals surface area (Å²) in [6, 6.07) is 27.3. The van der Waals surface area contributed by atoms with Crippen molar-refractivity contribution < 1.29 is 9.84 Å². The van der Waals surface area contributed by atoms with Gasteiger partial charge in [0, 0.05) is 16.8 Å². The Morgan fingerprint density at radius 1 is 0.853 bits per heavy atom. The highest BCUT2D eigenvalue weighted by Crippen LogP contribution is 2.45. The Morgan fingerprint density at radius 2 is 1.62 bits per heavy atom. The van der Waals surface area contributed by atoms with Crippen LogP contribution in [0, 0.1) is 0 Å². The van der Waals surface area contributed by atoms with Gasteiger partial charge in [-0.1, -0.05) is 61.2 Å². The first-order valence-electron chi connectivity index (χ1n) is 11.6. The van der Waals surface area contributed by atoms with Crippen molar-refractivity contribution in [3.8, 4) is 5.75 Å². The molecule has 0 radical (unpaired) electrons. The van der Waals surface area contributed by atoms with E-state index in [0.29, 0.717) is 5.75 Å². The van der Waals surface area contributed by atoms with Gasteiger partial charge in [0.05, 0.1) is 5.69 Å². The molecule has 3 heteroatoms. The molecule has 0 amide bonds. The number of aliphatic hydroxyl groups excluding tert-OH is 1. The van der Waals surface area contributed by atoms with Crippen LogP contribution in [0.15, 0.2) is 110 Å². The third-order valence-electron chi connectivity index (χ3n) is 6.61. The molecule has 0 spiro atoms. The predicted molar refractivity (Wildman–Crippen MR) is 140 cm³/mol. The minimum atomic E-state index is -1.03. The first-order valence-corrected chi connectivity index (χ1v) is 11.6. The van der Waals surface area contributed by atoms with Gasteiger partial charge in [-0.05, 0) is 89.0 Å². The van der Waals surface area contributed by atoms with E-state index in [4.69, 9.17) is 4.74 Å². The number of allylic oxidation sites excluding steroid dienone is 4. The molecule has 0 fully saturated rings. The maximum absolute atomic E-state index is 9.75. The van der Waals surface area contributed by atoms with Crippen molar-refractivity contribution in [2.75, 3.05) is 4.90 Å². The van der Waals surface area contributed by atoms with Gasteiger partial charge in [-0.3, -0.25) is 0 Å². The molecular formula is C31H25NO2. The van der Waals surface area contributed by atoms with Crippen LogP contribution >= 0.6 is 0 Å². The molecule has 4 aromatic carbocycles. The van der Waals surface area contributed by atoms with E-state index in [-0.39, 0.29) is 0 Å². The van der Waals surface area contributed by atoms with Gasteiger partial charge in [-0.2, -0.15) is 0 Å². The molecular weight excluding hydrogens is 418 g/mol. The van der Waals surface area contributed by atoms with Gasteiger partial charge in [-0.25, -0.2) is 0 Å². The number of para-hydroxylation sites is 1. The van der Waals surface area contributed by atoms with E-state index in [0.717, 1.165) is 29.9 Å². The summed E-state index contributed by atoms with van der Waals surface area (Å²) < 4.78 is 5.48. The van der Waals surface area contributed by atoms with Gasteiger partial charge >= 0.3 is 0 Å². The summed E-state index contributed by atoms with van der Waals surface area (Å²) in [6.07, 6.45) is 9.14. The van der Waals surface area contributed by atoms with Crippen LogP contribution in [0.2, 0.25) is 0 Å². The molecule has 0 aromatic heterocycles. The molecule has 1 N–H and O–H groups in total. The molecule has 1 unspecified atom stereocenters. The van der Waals surface area contributed by atoms with Crippen LogP contribution in [0.5, 0.6) is 5.75 Å². The van der Waals surface area contributed by atoms with Crippen LogP contribution in [0.1, 0.15) is 16.7 Å². The van der Waals surface area contributed by atoms with E-state index in [2.05, 4.69) is 78.2 Å². The van der Waals surface area contributed by atoms with Crippen molar-refractivity contribution in [2.45, 2.75) is 19.1 Å². The second-order valence-electron chi connectivity index (χ2n) is 8.65. The van der Waals surface area contributed by atoms with Crippen LogP contribution in [-0.2, 0) is 12.8 Å². The summed E-state index contributed by atoms with van der Waals surface area (Å²) in [5.74, 6) is 0.592. The van der Waals surface area contributed by atoms with E-state index in [1.807, 2.05) is 30.3 Å². The lowest BCUT2D eigenvalue weighted by Crippen LogP contribution is -2.13. The molecule has 0 saturated carbocycles. The van der Waals surface area contributed by atoms with Gasteiger partial charge in [0.1, 0.15) is 5.75 Å². The highest BCUT2D eigenvalue weighted by atomic mass is 16.6. The van der Waals surface area contributed by atoms with E-state index < -0.39 is 6.29 Å². The first-order chi connectivity index (χ1) is 16.7. The summed E-state index contributed by atoms with van der Waals surface area (Å²) in [4.78, 5) is 2.29. The van der Waals surface area contributed by atoms with Crippen LogP contribution in [-0.4, -0.2) is 11.4 Å². The third kappa shape index (κ3) is 3.42. The fourth-order valence-corrected chi connectivity index (χ4v) is 5.06. The van der Waals surface area contributed by atoms with Crippen molar-refractivity contribution in [1.29, 1.82) is 0 Å². The normalized spacial score (nSPS) is 14.4. The molecule has 0 aliphatic heterocycles. The molecule has 0 heterocycles. The number of rotatable bonds is 6. The quantitative estimate of drug-likeness (QED) is 0.252. The lowest BCUT2D eigenvalue weighted by Gasteiger charge is -2.30. The van der Waals surface area contributed by atoms with Crippen molar-refractivity contribution in [3.63, 3.8) is 0 Å². The first kappa shape index (κ1) is 20.5. The van der Waals surface area contributed by atoms with Crippen molar-refractivity contribution >= 4 is 33.4 Å². The number of aliphatic hydroxyl groups is 1. The van der Waals surface area contributed by atoms with Gasteiger partial charge in [-0.15, -0.1) is 0 Å². The van der Waals surface area contributed by atoms with Crippen LogP contribution < -0.4 is 9.64 Å². The average molecular weight is 444 g/mol. The number of ether oxygens (including phenoxy) is 1. The number of hydrogen-bond acceptors (Lipinski definition) is 3. The van der Waals surface area contributed by atoms with Crippen molar-refractivity contribution in [2.24, 2.45) is 0 Å². The fourth-order valence-electron chi connectivity index (χ4n) is 5.06. The smallest absolute Gasteiger partial charge is 0.216 e. The monoisotopic (exact) mass is 443 g/mol. The van der Waals surface area contributed by atoms with Crippen molar-refractivity contribution in [1.82, 2.24) is 0 Å². The second kappa shape index (κ2) is 8.36. The van der Waals surface area contributed by atoms with Gasteiger partial charge in [0.15, 0.2) is 0 Å². The fraction of sp³-hybridized carbons (Fsp3) is 0.0968. The van der Waals surface area contributed by atoms with Crippen LogP contribution in [0.4, 0.5) is 17.1 Å². The topological polar surface area (TPSA) is 32.7 Å². The lowest BCUT2D eigenvalue weighted by atomic mass is 9.81. The van der Waals surface area contributed by atoms with Gasteiger partial charge in [0.2, 0.25) is 6.29 Å². The standard InChI is InChI=1S/C31H25NO2/c1-2-29(33)34-26-17-15-25(16-18-26)32(24-9-4-3-5-10-24)28-20-14-23-12-11-21-7-6-8-22-13-19-27(28)31(23)30(21)22/h2-7,9-11,13-20,29,33H,1,8,12H2. The molecule has 166 valence electrons. The molecule has 0 bridgehead atoms. The maximum Gasteiger partial charge on any atom is 0.216 e. The highest BCUT2D eigenvalue weighted by Gasteiger charge is 2.23. The second-order valence-corrected chi connectivity index (χ2v) is 8.65. The number of anilines is 3. The molecule has 34 heavy (non-hydrogen) atoms. The van der Waals surface area contributed by atoms with Crippen molar-refractivity contribution in [3.05, 3.63) is 126 Å². The number of benzene rings is 4. The lowest BCUT2D eigenvalue weighted by molar-refractivity contribution is 0.0251. The Kier molecular flexibility index (Phi) is 5.05. The SMILES string of the molecule is C=CC(O)Oc1ccc(N(c2ccccc2)c2ccc3c4c5c(ccc24)CC=CC5=CC3)cc1. The number of nitrogens with zero attached hydrogens (tertiary/aromatic N) is 1. The van der Waals surface area contributed by atoms with E-state index in [9.17, 15) is 5.11 Å². The van der Waals surface area contributed by atoms with E-state index in [1.54, 1.807) is 0 Å². The van der Waals surface area contributed by atoms with E-state index in [1.165, 1.54) is 39.1 Å². The Balaban J connectivity index is 1.53. The van der Waals surface area contributed by atoms with Gasteiger partial charge < -0.3 is 14.7 Å². The zero-order valence-electron chi connectivity index (χ0n) is 18.8. The molecule has 0 saturated heterocycles. The molecule has 1 atom stereocenters. The Morgan fingerprint density at radius 3 is 2.41 bits per heavy atom. The molecule has 2 aliphatic rings. The molecule has 6 rings (SSSR count). The summed E-state index contributed by atoms with van der Waals surface area (Å²) in [7, 11) is 0. The van der Waals surface area contributed by atoms with Crippen LogP contribution in [0.25, 0.3) is 16.3 Å². The third-order valence-corrected chi connectivity index (χ3v) is 6.61. The summed E-state index contributed by atoms with van der Waals surface area (Å²) in [5.41, 5.74) is 8.75. The van der Waals surface area contributed by atoms with Gasteiger partial charge in [0.25, 0.3) is 0 Å². The molecule has 4 aromatic rings. The zero-order valence-corrected chi connectivity index (χ0v) is 18.8. The zero-order chi connectivity index (χ0) is 23.1. The maximum atomic E-state index is 9.75. The van der Waals surface area contributed by atoms with E-state index >= 15 is 0 Å². The molecule has 3 nitrogen and oxygen atoms in total. The Labute approximate surface area is 199 Å². The number of hydrogen-bond donors (Lipinski definition) is 1. The molecule has 2 aliphatic carbocycles. The Bertz CT molecular complexity index is 1450. The predicted octanol–water partition coefficient (Wildman–Crippen LogP) is 7.24. The minimum Gasteiger partial charge on any atom is -0.461 e. The summed E-state index contributed by atoms with van der Waals surface area (Å²) >= 11 is 0. The summed E-state index contributed by atoms with van der Waals surface area (Å²) in [6.45, 7) is 3.57. The Hall–Kier alpha value is -4.08. The minimum absolute atomic E-state index is 0.592. The largest absolute Gasteiger partial charge is 0.461 e. The highest BCUT2D eigenvalue weighted by molar-refractivity contribution is 6.08. The summed E-state index contributed by atoms with van der Waals surface area (Å²) in [5, 5.41) is 12.4. The van der Waals surface area contributed by atoms with Crippen LogP contribution in [0.3, 0.4) is 0 Å².